The van der Waals surface area contributed by atoms with Crippen molar-refractivity contribution in [3.05, 3.63) is 29.8 Å². The van der Waals surface area contributed by atoms with Crippen LogP contribution in [0.3, 0.4) is 0 Å². The number of anilines is 1. The first kappa shape index (κ1) is 12.4. The van der Waals surface area contributed by atoms with E-state index in [9.17, 15) is 0 Å². The molecule has 1 aromatic rings. The number of benzene rings is 1. The van der Waals surface area contributed by atoms with Crippen LogP contribution < -0.4 is 10.6 Å². The van der Waals surface area contributed by atoms with Crippen molar-refractivity contribution in [2.24, 2.45) is 11.7 Å². The second-order valence-corrected chi connectivity index (χ2v) is 5.09. The third kappa shape index (κ3) is 3.22. The number of hydrogen-bond donors (Lipinski definition) is 1. The van der Waals surface area contributed by atoms with E-state index in [1.165, 1.54) is 30.6 Å². The Hall–Kier alpha value is -1.02. The van der Waals surface area contributed by atoms with Gasteiger partial charge in [-0.05, 0) is 49.8 Å². The molecule has 0 aromatic heterocycles. The highest BCUT2D eigenvalue weighted by Gasteiger charge is 2.23. The Kier molecular flexibility index (Phi) is 4.06. The van der Waals surface area contributed by atoms with Gasteiger partial charge in [0, 0.05) is 24.8 Å². The molecule has 0 saturated heterocycles. The molecule has 1 atom stereocenters. The monoisotopic (exact) mass is 232 g/mol. The van der Waals surface area contributed by atoms with E-state index in [0.29, 0.717) is 0 Å². The second kappa shape index (κ2) is 5.54. The summed E-state index contributed by atoms with van der Waals surface area (Å²) >= 11 is 0. The molecule has 1 saturated carbocycles. The molecule has 17 heavy (non-hydrogen) atoms. The number of hydrogen-bond acceptors (Lipinski definition) is 2. The Morgan fingerprint density at radius 3 is 2.35 bits per heavy atom. The van der Waals surface area contributed by atoms with Crippen LogP contribution in [0.2, 0.25) is 0 Å². The number of nitrogens with two attached hydrogens (primary N) is 1. The lowest BCUT2D eigenvalue weighted by Gasteiger charge is -2.23. The van der Waals surface area contributed by atoms with E-state index in [0.717, 1.165) is 18.9 Å². The molecule has 94 valence electrons. The lowest BCUT2D eigenvalue weighted by Crippen LogP contribution is -2.25. The van der Waals surface area contributed by atoms with E-state index in [1.807, 2.05) is 0 Å². The van der Waals surface area contributed by atoms with Crippen LogP contribution in [0.1, 0.15) is 44.7 Å². The quantitative estimate of drug-likeness (QED) is 0.815. The lowest BCUT2D eigenvalue weighted by atomic mass is 10.1. The van der Waals surface area contributed by atoms with E-state index in [1.54, 1.807) is 0 Å². The average molecular weight is 232 g/mol. The second-order valence-electron chi connectivity index (χ2n) is 5.09. The zero-order chi connectivity index (χ0) is 12.3. The van der Waals surface area contributed by atoms with Gasteiger partial charge in [0.05, 0.1) is 0 Å². The topological polar surface area (TPSA) is 29.3 Å². The SMILES string of the molecule is CC[C@@H](N)c1ccc(N(CC)CC2CC2)cc1. The van der Waals surface area contributed by atoms with Crippen LogP contribution in [-0.4, -0.2) is 13.1 Å². The van der Waals surface area contributed by atoms with Crippen LogP contribution in [0.15, 0.2) is 24.3 Å². The van der Waals surface area contributed by atoms with Gasteiger partial charge in [-0.15, -0.1) is 0 Å². The Morgan fingerprint density at radius 1 is 1.24 bits per heavy atom. The van der Waals surface area contributed by atoms with E-state index >= 15 is 0 Å². The molecule has 1 aliphatic rings. The van der Waals surface area contributed by atoms with Crippen molar-refractivity contribution in [1.29, 1.82) is 0 Å². The minimum Gasteiger partial charge on any atom is -0.372 e. The van der Waals surface area contributed by atoms with Crippen LogP contribution in [-0.2, 0) is 0 Å². The summed E-state index contributed by atoms with van der Waals surface area (Å²) in [5, 5.41) is 0. The summed E-state index contributed by atoms with van der Waals surface area (Å²) in [5.74, 6) is 0.938. The summed E-state index contributed by atoms with van der Waals surface area (Å²) in [5.41, 5.74) is 8.62. The lowest BCUT2D eigenvalue weighted by molar-refractivity contribution is 0.697. The summed E-state index contributed by atoms with van der Waals surface area (Å²) in [6, 6.07) is 8.98. The maximum atomic E-state index is 6.03. The first-order chi connectivity index (χ1) is 8.24. The van der Waals surface area contributed by atoms with E-state index in [2.05, 4.69) is 43.0 Å². The van der Waals surface area contributed by atoms with E-state index in [4.69, 9.17) is 5.73 Å². The number of nitrogens with zero attached hydrogens (tertiary/aromatic N) is 1. The molecule has 0 heterocycles. The molecule has 0 aliphatic heterocycles. The van der Waals surface area contributed by atoms with E-state index in [-0.39, 0.29) is 6.04 Å². The zero-order valence-corrected chi connectivity index (χ0v) is 11.0. The van der Waals surface area contributed by atoms with Gasteiger partial charge in [-0.3, -0.25) is 0 Å². The van der Waals surface area contributed by atoms with Crippen molar-refractivity contribution < 1.29 is 0 Å². The highest BCUT2D eigenvalue weighted by molar-refractivity contribution is 5.48. The van der Waals surface area contributed by atoms with Gasteiger partial charge in [0.25, 0.3) is 0 Å². The first-order valence-electron chi connectivity index (χ1n) is 6.85. The van der Waals surface area contributed by atoms with Gasteiger partial charge < -0.3 is 10.6 Å². The van der Waals surface area contributed by atoms with E-state index < -0.39 is 0 Å². The Morgan fingerprint density at radius 2 is 1.88 bits per heavy atom. The molecular formula is C15H24N2. The van der Waals surface area contributed by atoms with Gasteiger partial charge in [0.15, 0.2) is 0 Å². The average Bonchev–Trinajstić information content (AvgIpc) is 3.19. The molecule has 0 amide bonds. The molecule has 2 heteroatoms. The van der Waals surface area contributed by atoms with Crippen molar-refractivity contribution in [2.75, 3.05) is 18.0 Å². The van der Waals surface area contributed by atoms with Crippen molar-refractivity contribution in [1.82, 2.24) is 0 Å². The summed E-state index contributed by atoms with van der Waals surface area (Å²) in [4.78, 5) is 2.47. The van der Waals surface area contributed by atoms with Gasteiger partial charge in [-0.25, -0.2) is 0 Å². The van der Waals surface area contributed by atoms with Crippen LogP contribution in [0.5, 0.6) is 0 Å². The van der Waals surface area contributed by atoms with Crippen LogP contribution in [0, 0.1) is 5.92 Å². The third-order valence-electron chi connectivity index (χ3n) is 3.68. The highest BCUT2D eigenvalue weighted by Crippen LogP contribution is 2.31. The molecule has 1 aliphatic carbocycles. The molecule has 1 fully saturated rings. The van der Waals surface area contributed by atoms with Gasteiger partial charge in [0.1, 0.15) is 0 Å². The largest absolute Gasteiger partial charge is 0.372 e. The molecule has 0 spiro atoms. The first-order valence-corrected chi connectivity index (χ1v) is 6.85. The molecule has 0 radical (unpaired) electrons. The standard InChI is InChI=1S/C15H24N2/c1-3-15(16)13-7-9-14(10-8-13)17(4-2)11-12-5-6-12/h7-10,12,15H,3-6,11,16H2,1-2H3/t15-/m1/s1. The minimum absolute atomic E-state index is 0.183. The third-order valence-corrected chi connectivity index (χ3v) is 3.68. The Labute approximate surface area is 105 Å². The predicted octanol–water partition coefficient (Wildman–Crippen LogP) is 3.33. The van der Waals surface area contributed by atoms with Gasteiger partial charge in [-0.1, -0.05) is 19.1 Å². The molecule has 2 rings (SSSR count). The fourth-order valence-corrected chi connectivity index (χ4v) is 2.20. The summed E-state index contributed by atoms with van der Waals surface area (Å²) < 4.78 is 0. The molecule has 2 nitrogen and oxygen atoms in total. The smallest absolute Gasteiger partial charge is 0.0366 e. The molecule has 2 N–H and O–H groups in total. The Balaban J connectivity index is 2.04. The van der Waals surface area contributed by atoms with Gasteiger partial charge in [0.2, 0.25) is 0 Å². The molecule has 1 aromatic carbocycles. The van der Waals surface area contributed by atoms with Crippen LogP contribution in [0.25, 0.3) is 0 Å². The summed E-state index contributed by atoms with van der Waals surface area (Å²) in [6.45, 7) is 6.67. The zero-order valence-electron chi connectivity index (χ0n) is 11.0. The van der Waals surface area contributed by atoms with Gasteiger partial charge >= 0.3 is 0 Å². The molecule has 0 bridgehead atoms. The van der Waals surface area contributed by atoms with Crippen LogP contribution >= 0.6 is 0 Å². The fraction of sp³-hybridized carbons (Fsp3) is 0.600. The fourth-order valence-electron chi connectivity index (χ4n) is 2.20. The van der Waals surface area contributed by atoms with Crippen molar-refractivity contribution in [3.8, 4) is 0 Å². The van der Waals surface area contributed by atoms with Crippen molar-refractivity contribution in [2.45, 2.75) is 39.2 Å². The van der Waals surface area contributed by atoms with Crippen molar-refractivity contribution in [3.63, 3.8) is 0 Å². The molecular weight excluding hydrogens is 208 g/mol. The van der Waals surface area contributed by atoms with Crippen LogP contribution in [0.4, 0.5) is 5.69 Å². The highest BCUT2D eigenvalue weighted by atomic mass is 15.1. The maximum absolute atomic E-state index is 6.03. The van der Waals surface area contributed by atoms with Crippen molar-refractivity contribution >= 4 is 5.69 Å². The van der Waals surface area contributed by atoms with Gasteiger partial charge in [-0.2, -0.15) is 0 Å². The summed E-state index contributed by atoms with van der Waals surface area (Å²) in [6.07, 6.45) is 3.82. The minimum atomic E-state index is 0.183. The summed E-state index contributed by atoms with van der Waals surface area (Å²) in [7, 11) is 0. The maximum Gasteiger partial charge on any atom is 0.0366 e. The normalized spacial score (nSPS) is 16.9. The number of rotatable bonds is 6. The predicted molar refractivity (Wildman–Crippen MR) is 74.3 cm³/mol. The Bertz CT molecular complexity index is 340. The molecule has 0 unspecified atom stereocenters.